The SMILES string of the molecule is CC1CCN(C(=O)Cn2nc(C(C)C)c3cnn(-c4ccc(F)cc4)c3c2=O)CC1. The van der Waals surface area contributed by atoms with Crippen LogP contribution in [-0.2, 0) is 11.3 Å². The molecule has 1 aliphatic heterocycles. The van der Waals surface area contributed by atoms with E-state index in [0.29, 0.717) is 41.3 Å². The number of carbonyl (C=O) groups is 1. The Kier molecular flexibility index (Phi) is 5.40. The maximum Gasteiger partial charge on any atom is 0.293 e. The molecule has 0 spiro atoms. The summed E-state index contributed by atoms with van der Waals surface area (Å²) in [5.74, 6) is 0.192. The summed E-state index contributed by atoms with van der Waals surface area (Å²) < 4.78 is 16.1. The normalized spacial score (nSPS) is 15.3. The molecule has 1 amide bonds. The van der Waals surface area contributed by atoms with E-state index in [0.717, 1.165) is 12.8 Å². The second kappa shape index (κ2) is 8.01. The molecule has 0 N–H and O–H groups in total. The molecule has 8 heteroatoms. The van der Waals surface area contributed by atoms with Crippen LogP contribution in [0.25, 0.3) is 16.6 Å². The predicted molar refractivity (Wildman–Crippen MR) is 112 cm³/mol. The summed E-state index contributed by atoms with van der Waals surface area (Å²) >= 11 is 0. The lowest BCUT2D eigenvalue weighted by atomic mass is 9.99. The number of hydrogen-bond acceptors (Lipinski definition) is 4. The van der Waals surface area contributed by atoms with E-state index in [1.165, 1.54) is 21.5 Å². The van der Waals surface area contributed by atoms with Gasteiger partial charge in [-0.15, -0.1) is 0 Å². The zero-order valence-corrected chi connectivity index (χ0v) is 17.5. The molecule has 1 fully saturated rings. The van der Waals surface area contributed by atoms with Crippen molar-refractivity contribution in [3.63, 3.8) is 0 Å². The first kappa shape index (κ1) is 20.3. The van der Waals surface area contributed by atoms with Crippen LogP contribution >= 0.6 is 0 Å². The van der Waals surface area contributed by atoms with E-state index >= 15 is 0 Å². The third-order valence-electron chi connectivity index (χ3n) is 5.75. The van der Waals surface area contributed by atoms with E-state index in [-0.39, 0.29) is 29.7 Å². The highest BCUT2D eigenvalue weighted by molar-refractivity contribution is 5.82. The highest BCUT2D eigenvalue weighted by atomic mass is 19.1. The van der Waals surface area contributed by atoms with Crippen LogP contribution in [0.1, 0.15) is 45.2 Å². The van der Waals surface area contributed by atoms with Crippen LogP contribution in [0.4, 0.5) is 4.39 Å². The quantitative estimate of drug-likeness (QED) is 0.661. The molecule has 0 aliphatic carbocycles. The lowest BCUT2D eigenvalue weighted by Crippen LogP contribution is -2.42. The third-order valence-corrected chi connectivity index (χ3v) is 5.75. The zero-order valence-electron chi connectivity index (χ0n) is 17.5. The van der Waals surface area contributed by atoms with Gasteiger partial charge in [0, 0.05) is 18.5 Å². The van der Waals surface area contributed by atoms with Crippen molar-refractivity contribution in [1.29, 1.82) is 0 Å². The number of aromatic nitrogens is 4. The summed E-state index contributed by atoms with van der Waals surface area (Å²) in [6.45, 7) is 7.48. The van der Waals surface area contributed by atoms with Crippen LogP contribution in [0.2, 0.25) is 0 Å². The first-order valence-electron chi connectivity index (χ1n) is 10.4. The number of rotatable bonds is 4. The van der Waals surface area contributed by atoms with Gasteiger partial charge in [0.15, 0.2) is 0 Å². The standard InChI is InChI=1S/C22H26FN5O2/c1-14(2)20-18-12-24-28(17-6-4-16(23)5-7-17)21(18)22(30)27(25-20)13-19(29)26-10-8-15(3)9-11-26/h4-7,12,14-15H,8-11,13H2,1-3H3. The summed E-state index contributed by atoms with van der Waals surface area (Å²) in [5, 5.41) is 9.53. The van der Waals surface area contributed by atoms with Gasteiger partial charge in [0.2, 0.25) is 5.91 Å². The summed E-state index contributed by atoms with van der Waals surface area (Å²) in [6, 6.07) is 5.79. The average molecular weight is 411 g/mol. The molecule has 30 heavy (non-hydrogen) atoms. The lowest BCUT2D eigenvalue weighted by molar-refractivity contribution is -0.133. The van der Waals surface area contributed by atoms with Crippen LogP contribution in [-0.4, -0.2) is 43.5 Å². The van der Waals surface area contributed by atoms with E-state index in [9.17, 15) is 14.0 Å². The van der Waals surface area contributed by atoms with Crippen LogP contribution in [0.3, 0.4) is 0 Å². The Morgan fingerprint density at radius 3 is 2.50 bits per heavy atom. The number of hydrogen-bond donors (Lipinski definition) is 0. The van der Waals surface area contributed by atoms with Crippen molar-refractivity contribution in [1.82, 2.24) is 24.5 Å². The number of likely N-dealkylation sites (tertiary alicyclic amines) is 1. The summed E-state index contributed by atoms with van der Waals surface area (Å²) in [6.07, 6.45) is 3.56. The smallest absolute Gasteiger partial charge is 0.293 e. The Morgan fingerprint density at radius 1 is 1.20 bits per heavy atom. The van der Waals surface area contributed by atoms with E-state index in [4.69, 9.17) is 0 Å². The molecule has 0 radical (unpaired) electrons. The minimum Gasteiger partial charge on any atom is -0.341 e. The Bertz CT molecular complexity index is 1120. The molecular formula is C22H26FN5O2. The van der Waals surface area contributed by atoms with Gasteiger partial charge in [-0.25, -0.2) is 13.8 Å². The first-order chi connectivity index (χ1) is 14.3. The van der Waals surface area contributed by atoms with Gasteiger partial charge in [-0.1, -0.05) is 20.8 Å². The van der Waals surface area contributed by atoms with E-state index < -0.39 is 0 Å². The Balaban J connectivity index is 1.77. The minimum absolute atomic E-state index is 0.0381. The van der Waals surface area contributed by atoms with Crippen molar-refractivity contribution in [2.45, 2.75) is 46.1 Å². The summed E-state index contributed by atoms with van der Waals surface area (Å²) in [5.41, 5.74) is 1.25. The molecule has 0 atom stereocenters. The molecule has 0 unspecified atom stereocenters. The Hall–Kier alpha value is -3.03. The first-order valence-corrected chi connectivity index (χ1v) is 10.4. The van der Waals surface area contributed by atoms with Gasteiger partial charge < -0.3 is 4.90 Å². The minimum atomic E-state index is -0.380. The van der Waals surface area contributed by atoms with Gasteiger partial charge in [0.05, 0.1) is 17.6 Å². The monoisotopic (exact) mass is 411 g/mol. The fourth-order valence-electron chi connectivity index (χ4n) is 3.89. The molecule has 3 aromatic rings. The van der Waals surface area contributed by atoms with E-state index in [1.807, 2.05) is 18.7 Å². The molecule has 0 saturated carbocycles. The maximum atomic E-state index is 13.4. The second-order valence-electron chi connectivity index (χ2n) is 8.36. The van der Waals surface area contributed by atoms with Crippen molar-refractivity contribution in [3.8, 4) is 5.69 Å². The lowest BCUT2D eigenvalue weighted by Gasteiger charge is -2.30. The molecule has 158 valence electrons. The van der Waals surface area contributed by atoms with Crippen molar-refractivity contribution in [3.05, 3.63) is 52.3 Å². The van der Waals surface area contributed by atoms with Crippen LogP contribution < -0.4 is 5.56 Å². The van der Waals surface area contributed by atoms with Gasteiger partial charge in [-0.05, 0) is 48.9 Å². The molecule has 1 aromatic carbocycles. The molecule has 2 aromatic heterocycles. The zero-order chi connectivity index (χ0) is 21.4. The summed E-state index contributed by atoms with van der Waals surface area (Å²) in [7, 11) is 0. The number of fused-ring (bicyclic) bond motifs is 1. The van der Waals surface area contributed by atoms with Gasteiger partial charge in [0.25, 0.3) is 5.56 Å². The van der Waals surface area contributed by atoms with Crippen LogP contribution in [0, 0.1) is 11.7 Å². The Morgan fingerprint density at radius 2 is 1.87 bits per heavy atom. The fraction of sp³-hybridized carbons (Fsp3) is 0.455. The number of benzene rings is 1. The highest BCUT2D eigenvalue weighted by Crippen LogP contribution is 2.23. The maximum absolute atomic E-state index is 13.4. The number of halogens is 1. The second-order valence-corrected chi connectivity index (χ2v) is 8.36. The number of nitrogens with zero attached hydrogens (tertiary/aromatic N) is 5. The fourth-order valence-corrected chi connectivity index (χ4v) is 3.89. The number of piperidine rings is 1. The average Bonchev–Trinajstić information content (AvgIpc) is 3.16. The van der Waals surface area contributed by atoms with Gasteiger partial charge in [0.1, 0.15) is 17.9 Å². The largest absolute Gasteiger partial charge is 0.341 e. The molecule has 1 aliphatic rings. The van der Waals surface area contributed by atoms with Crippen molar-refractivity contribution in [2.24, 2.45) is 5.92 Å². The van der Waals surface area contributed by atoms with Crippen LogP contribution in [0.15, 0.2) is 35.3 Å². The van der Waals surface area contributed by atoms with Crippen molar-refractivity contribution in [2.75, 3.05) is 13.1 Å². The van der Waals surface area contributed by atoms with Crippen LogP contribution in [0.5, 0.6) is 0 Å². The number of amides is 1. The van der Waals surface area contributed by atoms with Crippen molar-refractivity contribution >= 4 is 16.8 Å². The molecule has 4 rings (SSSR count). The molecule has 1 saturated heterocycles. The predicted octanol–water partition coefficient (Wildman–Crippen LogP) is 3.10. The molecule has 0 bridgehead atoms. The number of carbonyl (C=O) groups excluding carboxylic acids is 1. The van der Waals surface area contributed by atoms with Crippen molar-refractivity contribution < 1.29 is 9.18 Å². The van der Waals surface area contributed by atoms with E-state index in [1.54, 1.807) is 18.3 Å². The summed E-state index contributed by atoms with van der Waals surface area (Å²) in [4.78, 5) is 27.9. The van der Waals surface area contributed by atoms with Gasteiger partial charge in [-0.3, -0.25) is 9.59 Å². The third kappa shape index (κ3) is 3.74. The Labute approximate surface area is 174 Å². The van der Waals surface area contributed by atoms with E-state index in [2.05, 4.69) is 17.1 Å². The topological polar surface area (TPSA) is 73.0 Å². The molecule has 7 nitrogen and oxygen atoms in total. The van der Waals surface area contributed by atoms with Gasteiger partial charge in [-0.2, -0.15) is 10.2 Å². The van der Waals surface area contributed by atoms with Gasteiger partial charge >= 0.3 is 0 Å². The molecule has 3 heterocycles. The highest BCUT2D eigenvalue weighted by Gasteiger charge is 2.24. The molecular weight excluding hydrogens is 385 g/mol.